The van der Waals surface area contributed by atoms with Crippen LogP contribution in [0.25, 0.3) is 0 Å². The highest BCUT2D eigenvalue weighted by Gasteiger charge is 2.21. The highest BCUT2D eigenvalue weighted by Crippen LogP contribution is 2.24. The molecule has 0 radical (unpaired) electrons. The van der Waals surface area contributed by atoms with Crippen LogP contribution < -0.4 is 5.32 Å². The predicted octanol–water partition coefficient (Wildman–Crippen LogP) is 2.73. The summed E-state index contributed by atoms with van der Waals surface area (Å²) in [7, 11) is 0. The van der Waals surface area contributed by atoms with Crippen LogP contribution in [0.1, 0.15) is 39.5 Å². The predicted molar refractivity (Wildman–Crippen MR) is 54.2 cm³/mol. The van der Waals surface area contributed by atoms with Gasteiger partial charge in [-0.05, 0) is 38.6 Å². The summed E-state index contributed by atoms with van der Waals surface area (Å²) in [6.07, 6.45) is 5.32. The van der Waals surface area contributed by atoms with Crippen molar-refractivity contribution in [1.82, 2.24) is 5.32 Å². The molecule has 12 heavy (non-hydrogen) atoms. The van der Waals surface area contributed by atoms with E-state index in [1.165, 1.54) is 24.8 Å². The lowest BCUT2D eigenvalue weighted by molar-refractivity contribution is 0.430. The third kappa shape index (κ3) is 2.98. The largest absolute Gasteiger partial charge is 0.313 e. The second-order valence-corrected chi connectivity index (χ2v) is 4.18. The topological polar surface area (TPSA) is 12.0 Å². The Morgan fingerprint density at radius 3 is 2.75 bits per heavy atom. The van der Waals surface area contributed by atoms with E-state index in [-0.39, 0.29) is 0 Å². The summed E-state index contributed by atoms with van der Waals surface area (Å²) < 4.78 is 0. The number of nitrogens with one attached hydrogen (secondary N) is 1. The van der Waals surface area contributed by atoms with E-state index in [2.05, 4.69) is 25.7 Å². The minimum Gasteiger partial charge on any atom is -0.313 e. The Bertz CT molecular complexity index is 151. The summed E-state index contributed by atoms with van der Waals surface area (Å²) in [5, 5.41) is 3.60. The fraction of sp³-hybridized carbons (Fsp3) is 0.818. The summed E-state index contributed by atoms with van der Waals surface area (Å²) in [5.74, 6) is 0.884. The van der Waals surface area contributed by atoms with E-state index < -0.39 is 0 Å². The van der Waals surface area contributed by atoms with Crippen LogP contribution in [0.15, 0.2) is 12.2 Å². The van der Waals surface area contributed by atoms with Crippen molar-refractivity contribution in [2.24, 2.45) is 5.92 Å². The molecule has 70 valence electrons. The van der Waals surface area contributed by atoms with Crippen LogP contribution in [0, 0.1) is 5.92 Å². The molecule has 2 unspecified atom stereocenters. The van der Waals surface area contributed by atoms with Crippen molar-refractivity contribution in [2.75, 3.05) is 6.54 Å². The Balaban J connectivity index is 2.10. The third-order valence-electron chi connectivity index (χ3n) is 2.82. The van der Waals surface area contributed by atoms with Crippen molar-refractivity contribution in [3.63, 3.8) is 0 Å². The highest BCUT2D eigenvalue weighted by atomic mass is 14.9. The molecule has 0 bridgehead atoms. The molecule has 0 aromatic rings. The summed E-state index contributed by atoms with van der Waals surface area (Å²) in [6, 6.07) is 0.782. The van der Waals surface area contributed by atoms with Crippen LogP contribution >= 0.6 is 0 Å². The zero-order valence-corrected chi connectivity index (χ0v) is 8.40. The summed E-state index contributed by atoms with van der Waals surface area (Å²) in [4.78, 5) is 0. The number of hydrogen-bond acceptors (Lipinski definition) is 1. The standard InChI is InChI=1S/C11H21N/c1-9(2)7-8-12-11-6-4-5-10(11)3/h10-12H,1,4-8H2,2-3H3. The molecule has 0 aromatic heterocycles. The molecule has 1 saturated carbocycles. The van der Waals surface area contributed by atoms with Gasteiger partial charge in [0.05, 0.1) is 0 Å². The Kier molecular flexibility index (Phi) is 3.80. The van der Waals surface area contributed by atoms with E-state index in [0.717, 1.165) is 24.9 Å². The first-order valence-electron chi connectivity index (χ1n) is 5.08. The van der Waals surface area contributed by atoms with E-state index >= 15 is 0 Å². The van der Waals surface area contributed by atoms with Crippen LogP contribution in [-0.2, 0) is 0 Å². The average molecular weight is 167 g/mol. The quantitative estimate of drug-likeness (QED) is 0.635. The van der Waals surface area contributed by atoms with Crippen molar-refractivity contribution in [3.8, 4) is 0 Å². The van der Waals surface area contributed by atoms with Crippen molar-refractivity contribution < 1.29 is 0 Å². The SMILES string of the molecule is C=C(C)CCNC1CCCC1C. The van der Waals surface area contributed by atoms with Gasteiger partial charge in [0.2, 0.25) is 0 Å². The smallest absolute Gasteiger partial charge is 0.00928 e. The van der Waals surface area contributed by atoms with Gasteiger partial charge in [-0.15, -0.1) is 6.58 Å². The molecule has 0 saturated heterocycles. The molecule has 0 spiro atoms. The second-order valence-electron chi connectivity index (χ2n) is 4.18. The molecule has 1 aliphatic rings. The number of hydrogen-bond donors (Lipinski definition) is 1. The maximum Gasteiger partial charge on any atom is 0.00928 e. The molecule has 1 fully saturated rings. The minimum atomic E-state index is 0.782. The van der Waals surface area contributed by atoms with E-state index in [4.69, 9.17) is 0 Å². The molecule has 1 heteroatoms. The fourth-order valence-corrected chi connectivity index (χ4v) is 1.92. The van der Waals surface area contributed by atoms with E-state index in [0.29, 0.717) is 0 Å². The van der Waals surface area contributed by atoms with Gasteiger partial charge in [-0.2, -0.15) is 0 Å². The van der Waals surface area contributed by atoms with E-state index in [1.54, 1.807) is 0 Å². The van der Waals surface area contributed by atoms with Gasteiger partial charge in [0.25, 0.3) is 0 Å². The van der Waals surface area contributed by atoms with Gasteiger partial charge < -0.3 is 5.32 Å². The minimum absolute atomic E-state index is 0.782. The Hall–Kier alpha value is -0.300. The first kappa shape index (κ1) is 9.79. The van der Waals surface area contributed by atoms with Gasteiger partial charge in [-0.1, -0.05) is 18.9 Å². The molecule has 1 rings (SSSR count). The molecule has 0 amide bonds. The Morgan fingerprint density at radius 1 is 1.50 bits per heavy atom. The number of rotatable bonds is 4. The van der Waals surface area contributed by atoms with Crippen molar-refractivity contribution >= 4 is 0 Å². The first-order valence-corrected chi connectivity index (χ1v) is 5.08. The molecule has 1 N–H and O–H groups in total. The molecule has 0 heterocycles. The fourth-order valence-electron chi connectivity index (χ4n) is 1.92. The molecule has 2 atom stereocenters. The summed E-state index contributed by atoms with van der Waals surface area (Å²) >= 11 is 0. The van der Waals surface area contributed by atoms with Gasteiger partial charge in [0.15, 0.2) is 0 Å². The van der Waals surface area contributed by atoms with E-state index in [9.17, 15) is 0 Å². The van der Waals surface area contributed by atoms with Gasteiger partial charge in [0.1, 0.15) is 0 Å². The van der Waals surface area contributed by atoms with Crippen molar-refractivity contribution in [3.05, 3.63) is 12.2 Å². The van der Waals surface area contributed by atoms with Gasteiger partial charge in [-0.3, -0.25) is 0 Å². The second kappa shape index (κ2) is 4.66. The molecule has 0 aromatic carbocycles. The van der Waals surface area contributed by atoms with Crippen LogP contribution in [0.3, 0.4) is 0 Å². The van der Waals surface area contributed by atoms with Gasteiger partial charge in [-0.25, -0.2) is 0 Å². The highest BCUT2D eigenvalue weighted by molar-refractivity contribution is 4.89. The van der Waals surface area contributed by atoms with Gasteiger partial charge >= 0.3 is 0 Å². The maximum absolute atomic E-state index is 3.90. The van der Waals surface area contributed by atoms with Crippen molar-refractivity contribution in [1.29, 1.82) is 0 Å². The lowest BCUT2D eigenvalue weighted by Crippen LogP contribution is -2.31. The molecular formula is C11H21N. The molecule has 1 aliphatic carbocycles. The average Bonchev–Trinajstić information content (AvgIpc) is 2.36. The third-order valence-corrected chi connectivity index (χ3v) is 2.82. The lowest BCUT2D eigenvalue weighted by atomic mass is 10.1. The summed E-state index contributed by atoms with van der Waals surface area (Å²) in [6.45, 7) is 9.46. The molecular weight excluding hydrogens is 146 g/mol. The zero-order chi connectivity index (χ0) is 8.97. The summed E-state index contributed by atoms with van der Waals surface area (Å²) in [5.41, 5.74) is 1.29. The van der Waals surface area contributed by atoms with Crippen LogP contribution in [0.2, 0.25) is 0 Å². The van der Waals surface area contributed by atoms with Crippen molar-refractivity contribution in [2.45, 2.75) is 45.6 Å². The Morgan fingerprint density at radius 2 is 2.25 bits per heavy atom. The van der Waals surface area contributed by atoms with Crippen LogP contribution in [0.5, 0.6) is 0 Å². The normalized spacial score (nSPS) is 29.2. The van der Waals surface area contributed by atoms with Crippen LogP contribution in [0.4, 0.5) is 0 Å². The monoisotopic (exact) mass is 167 g/mol. The lowest BCUT2D eigenvalue weighted by Gasteiger charge is -2.16. The van der Waals surface area contributed by atoms with E-state index in [1.807, 2.05) is 0 Å². The first-order chi connectivity index (χ1) is 5.70. The maximum atomic E-state index is 3.90. The van der Waals surface area contributed by atoms with Gasteiger partial charge in [0, 0.05) is 6.04 Å². The molecule has 1 nitrogen and oxygen atoms in total. The van der Waals surface area contributed by atoms with Crippen LogP contribution in [-0.4, -0.2) is 12.6 Å². The Labute approximate surface area is 76.2 Å². The molecule has 0 aliphatic heterocycles. The zero-order valence-electron chi connectivity index (χ0n) is 8.40.